The second-order valence-corrected chi connectivity index (χ2v) is 12.8. The average molecular weight is 544 g/mol. The Bertz CT molecular complexity index is 884. The number of ether oxygens (including phenoxy) is 2. The molecule has 3 unspecified atom stereocenters. The van der Waals surface area contributed by atoms with Crippen LogP contribution in [-0.4, -0.2) is 79.4 Å². The Labute approximate surface area is 234 Å². The Morgan fingerprint density at radius 1 is 1.11 bits per heavy atom. The standard InChI is InChI=1S/C31H49N3O3S/c1-33(2)28(20-17-24-11-7-5-8-12-24)26-18-15-25(16-19-26)21-29-31(22-38-4,37-30(35)36-3)32-23-34(29)27-13-9-6-10-14-27/h5,7-8,11-12,23,25-29H,6,9-10,13-22H2,1-4H3. The summed E-state index contributed by atoms with van der Waals surface area (Å²) in [6.45, 7) is 0. The van der Waals surface area contributed by atoms with Gasteiger partial charge in [-0.3, -0.25) is 0 Å². The van der Waals surface area contributed by atoms with Crippen LogP contribution in [0.25, 0.3) is 0 Å². The van der Waals surface area contributed by atoms with Crippen molar-refractivity contribution in [3.8, 4) is 0 Å². The van der Waals surface area contributed by atoms with Crippen molar-refractivity contribution in [2.75, 3.05) is 33.2 Å². The summed E-state index contributed by atoms with van der Waals surface area (Å²) >= 11 is 1.70. The molecule has 0 spiro atoms. The summed E-state index contributed by atoms with van der Waals surface area (Å²) in [5.41, 5.74) is 0.579. The van der Waals surface area contributed by atoms with Crippen molar-refractivity contribution < 1.29 is 14.3 Å². The molecule has 1 aromatic carbocycles. The Morgan fingerprint density at radius 3 is 2.45 bits per heavy atom. The molecular weight excluding hydrogens is 494 g/mol. The van der Waals surface area contributed by atoms with Gasteiger partial charge in [0.2, 0.25) is 5.72 Å². The number of aliphatic imine (C=N–C) groups is 1. The predicted molar refractivity (Wildman–Crippen MR) is 158 cm³/mol. The molecule has 1 aliphatic heterocycles. The van der Waals surface area contributed by atoms with Crippen LogP contribution >= 0.6 is 11.8 Å². The molecule has 3 atom stereocenters. The molecule has 2 fully saturated rings. The number of methoxy groups -OCH3 is 1. The van der Waals surface area contributed by atoms with Gasteiger partial charge in [-0.2, -0.15) is 11.8 Å². The molecule has 4 rings (SSSR count). The quantitative estimate of drug-likeness (QED) is 0.292. The maximum Gasteiger partial charge on any atom is 0.510 e. The van der Waals surface area contributed by atoms with Gasteiger partial charge >= 0.3 is 6.16 Å². The van der Waals surface area contributed by atoms with E-state index in [1.165, 1.54) is 76.9 Å². The minimum Gasteiger partial charge on any atom is -0.438 e. The molecule has 7 heteroatoms. The first kappa shape index (κ1) is 29.3. The molecule has 0 amide bonds. The second kappa shape index (κ2) is 14.1. The minimum atomic E-state index is -0.858. The smallest absolute Gasteiger partial charge is 0.438 e. The summed E-state index contributed by atoms with van der Waals surface area (Å²) in [4.78, 5) is 22.2. The highest BCUT2D eigenvalue weighted by atomic mass is 32.2. The molecular formula is C31H49N3O3S. The van der Waals surface area contributed by atoms with Gasteiger partial charge in [0.15, 0.2) is 0 Å². The van der Waals surface area contributed by atoms with Crippen molar-refractivity contribution in [1.82, 2.24) is 9.80 Å². The lowest BCUT2D eigenvalue weighted by Gasteiger charge is -2.43. The highest BCUT2D eigenvalue weighted by molar-refractivity contribution is 7.98. The van der Waals surface area contributed by atoms with Crippen molar-refractivity contribution in [3.63, 3.8) is 0 Å². The molecule has 0 N–H and O–H groups in total. The van der Waals surface area contributed by atoms with Crippen LogP contribution in [0.2, 0.25) is 0 Å². The minimum absolute atomic E-state index is 0.0847. The molecule has 0 bridgehead atoms. The van der Waals surface area contributed by atoms with Crippen molar-refractivity contribution in [2.24, 2.45) is 16.8 Å². The molecule has 0 saturated heterocycles. The molecule has 38 heavy (non-hydrogen) atoms. The Hall–Kier alpha value is -1.73. The molecule has 2 aliphatic carbocycles. The molecule has 1 heterocycles. The number of rotatable bonds is 11. The van der Waals surface area contributed by atoms with Crippen molar-refractivity contribution in [3.05, 3.63) is 35.9 Å². The SMILES string of the molecule is COC(=O)OC1(CSC)N=CN(C2CCCCC2)C1CC1CCC(C(CCc2ccccc2)N(C)C)CC1. The van der Waals surface area contributed by atoms with Gasteiger partial charge in [0.25, 0.3) is 0 Å². The number of hydrogen-bond acceptors (Lipinski definition) is 7. The topological polar surface area (TPSA) is 54.4 Å². The lowest BCUT2D eigenvalue weighted by molar-refractivity contribution is -0.0501. The number of hydrogen-bond donors (Lipinski definition) is 0. The van der Waals surface area contributed by atoms with Crippen LogP contribution in [0.1, 0.15) is 76.2 Å². The van der Waals surface area contributed by atoms with Gasteiger partial charge < -0.3 is 19.3 Å². The Balaban J connectivity index is 1.42. The van der Waals surface area contributed by atoms with Crippen LogP contribution in [0.4, 0.5) is 4.79 Å². The maximum atomic E-state index is 12.4. The van der Waals surface area contributed by atoms with Gasteiger partial charge in [-0.15, -0.1) is 0 Å². The third-order valence-corrected chi connectivity index (χ3v) is 9.99. The third-order valence-electron chi connectivity index (χ3n) is 9.29. The van der Waals surface area contributed by atoms with Crippen LogP contribution in [0, 0.1) is 11.8 Å². The fourth-order valence-electron chi connectivity index (χ4n) is 7.25. The number of aryl methyl sites for hydroxylation is 1. The highest BCUT2D eigenvalue weighted by Gasteiger charge is 2.51. The highest BCUT2D eigenvalue weighted by Crippen LogP contribution is 2.42. The first-order valence-corrected chi connectivity index (χ1v) is 16.1. The molecule has 0 aromatic heterocycles. The van der Waals surface area contributed by atoms with Gasteiger partial charge in [-0.1, -0.05) is 62.4 Å². The fraction of sp³-hybridized carbons (Fsp3) is 0.742. The Kier molecular flexibility index (Phi) is 10.8. The maximum absolute atomic E-state index is 12.4. The summed E-state index contributed by atoms with van der Waals surface area (Å²) in [5.74, 6) is 2.02. The van der Waals surface area contributed by atoms with E-state index in [0.717, 1.165) is 18.8 Å². The van der Waals surface area contributed by atoms with E-state index in [-0.39, 0.29) is 6.04 Å². The predicted octanol–water partition coefficient (Wildman–Crippen LogP) is 6.63. The van der Waals surface area contributed by atoms with Crippen LogP contribution in [0.15, 0.2) is 35.3 Å². The van der Waals surface area contributed by atoms with E-state index in [9.17, 15) is 4.79 Å². The third kappa shape index (κ3) is 7.26. The van der Waals surface area contributed by atoms with Gasteiger partial charge in [0.05, 0.1) is 25.2 Å². The number of benzene rings is 1. The Morgan fingerprint density at radius 2 is 1.82 bits per heavy atom. The van der Waals surface area contributed by atoms with E-state index in [2.05, 4.69) is 60.5 Å². The first-order valence-electron chi connectivity index (χ1n) is 14.7. The summed E-state index contributed by atoms with van der Waals surface area (Å²) < 4.78 is 11.0. The van der Waals surface area contributed by atoms with E-state index in [1.807, 2.05) is 6.34 Å². The van der Waals surface area contributed by atoms with Crippen LogP contribution < -0.4 is 0 Å². The average Bonchev–Trinajstić information content (AvgIpc) is 3.27. The molecule has 2 saturated carbocycles. The summed E-state index contributed by atoms with van der Waals surface area (Å²) in [6.07, 6.45) is 18.1. The molecule has 6 nitrogen and oxygen atoms in total. The van der Waals surface area contributed by atoms with Crippen molar-refractivity contribution >= 4 is 24.3 Å². The number of carbonyl (C=O) groups excluding carboxylic acids is 1. The zero-order chi connectivity index (χ0) is 27.0. The first-order chi connectivity index (χ1) is 18.5. The van der Waals surface area contributed by atoms with Gasteiger partial charge in [0.1, 0.15) is 0 Å². The van der Waals surface area contributed by atoms with Crippen molar-refractivity contribution in [2.45, 2.75) is 101 Å². The normalized spacial score (nSPS) is 29.0. The van der Waals surface area contributed by atoms with Gasteiger partial charge in [-0.05, 0) is 82.7 Å². The monoisotopic (exact) mass is 543 g/mol. The van der Waals surface area contributed by atoms with Crippen LogP contribution in [-0.2, 0) is 15.9 Å². The summed E-state index contributed by atoms with van der Waals surface area (Å²) in [5, 5.41) is 0. The lowest BCUT2D eigenvalue weighted by atomic mass is 9.74. The van der Waals surface area contributed by atoms with E-state index in [4.69, 9.17) is 14.5 Å². The molecule has 0 radical (unpaired) electrons. The summed E-state index contributed by atoms with van der Waals surface area (Å²) in [7, 11) is 5.89. The number of nitrogens with zero attached hydrogens (tertiary/aromatic N) is 3. The molecule has 3 aliphatic rings. The zero-order valence-electron chi connectivity index (χ0n) is 24.0. The fourth-order valence-corrected chi connectivity index (χ4v) is 7.99. The summed E-state index contributed by atoms with van der Waals surface area (Å²) in [6, 6.07) is 12.1. The second-order valence-electron chi connectivity index (χ2n) is 11.9. The number of thioether (sulfide) groups is 1. The van der Waals surface area contributed by atoms with E-state index >= 15 is 0 Å². The largest absolute Gasteiger partial charge is 0.510 e. The number of carbonyl (C=O) groups is 1. The van der Waals surface area contributed by atoms with E-state index in [1.54, 1.807) is 11.8 Å². The molecule has 212 valence electrons. The zero-order valence-corrected chi connectivity index (χ0v) is 24.8. The van der Waals surface area contributed by atoms with Gasteiger partial charge in [-0.25, -0.2) is 9.79 Å². The van der Waals surface area contributed by atoms with Crippen LogP contribution in [0.3, 0.4) is 0 Å². The van der Waals surface area contributed by atoms with Crippen LogP contribution in [0.5, 0.6) is 0 Å². The molecule has 1 aromatic rings. The van der Waals surface area contributed by atoms with E-state index < -0.39 is 11.9 Å². The van der Waals surface area contributed by atoms with Crippen molar-refractivity contribution in [1.29, 1.82) is 0 Å². The van der Waals surface area contributed by atoms with E-state index in [0.29, 0.717) is 23.8 Å². The lowest BCUT2D eigenvalue weighted by Crippen LogP contribution is -2.54. The van der Waals surface area contributed by atoms with Gasteiger partial charge in [0, 0.05) is 12.1 Å².